The van der Waals surface area contributed by atoms with Crippen LogP contribution in [-0.4, -0.2) is 32.8 Å². The molecule has 0 aliphatic rings. The summed E-state index contributed by atoms with van der Waals surface area (Å²) in [4.78, 5) is 0. The second kappa shape index (κ2) is 7.80. The van der Waals surface area contributed by atoms with E-state index >= 15 is 0 Å². The number of nitrogens with one attached hydrogen (secondary N) is 1. The molecule has 0 radical (unpaired) electrons. The second-order valence-electron chi connectivity index (χ2n) is 6.00. The van der Waals surface area contributed by atoms with Gasteiger partial charge in [0, 0.05) is 5.56 Å². The molecule has 8 nitrogen and oxygen atoms in total. The smallest absolute Gasteiger partial charge is 0.335 e. The fourth-order valence-corrected chi connectivity index (χ4v) is 4.17. The fraction of sp³-hybridized carbons (Fsp3) is 0.467. The summed E-state index contributed by atoms with van der Waals surface area (Å²) in [5.41, 5.74) is -0.0284. The molecule has 2 rings (SSSR count). The first-order valence-electron chi connectivity index (χ1n) is 7.85. The summed E-state index contributed by atoms with van der Waals surface area (Å²) in [6.07, 6.45) is 0. The Morgan fingerprint density at radius 3 is 2.38 bits per heavy atom. The lowest BCUT2D eigenvalue weighted by Crippen LogP contribution is -2.33. The van der Waals surface area contributed by atoms with Crippen LogP contribution < -0.4 is 4.72 Å². The molecule has 1 heterocycles. The Balaban J connectivity index is 2.31. The van der Waals surface area contributed by atoms with E-state index in [0.29, 0.717) is 0 Å². The van der Waals surface area contributed by atoms with Gasteiger partial charge in [0.15, 0.2) is 0 Å². The van der Waals surface area contributed by atoms with Gasteiger partial charge in [-0.15, -0.1) is 5.10 Å². The Hall–Kier alpha value is -1.85. The normalized spacial score (nSPS) is 13.9. The molecular formula is C15H20FN3O5S2. The van der Waals surface area contributed by atoms with Gasteiger partial charge in [0.05, 0.1) is 11.5 Å². The third kappa shape index (κ3) is 4.86. The number of hydrogen-bond acceptors (Lipinski definition) is 7. The van der Waals surface area contributed by atoms with Crippen LogP contribution in [0.2, 0.25) is 0 Å². The molecule has 144 valence electrons. The number of halogens is 1. The van der Waals surface area contributed by atoms with E-state index < -0.39 is 42.7 Å². The lowest BCUT2D eigenvalue weighted by Gasteiger charge is -2.17. The standard InChI is InChI=1S/C15H20FN3O5S2/c1-4-26(22,23)19-13(10(2)3)14-17-18-15(24-14)25(20,21)9-11-7-5-6-8-12(11)16/h5-8,10,13,19H,4,9H2,1-3H3/t13-/m0/s1. The minimum Gasteiger partial charge on any atom is -0.411 e. The summed E-state index contributed by atoms with van der Waals surface area (Å²) in [7, 11) is -7.65. The molecule has 1 aromatic heterocycles. The highest BCUT2D eigenvalue weighted by Gasteiger charge is 2.30. The monoisotopic (exact) mass is 405 g/mol. The van der Waals surface area contributed by atoms with Crippen molar-refractivity contribution in [2.75, 3.05) is 5.75 Å². The van der Waals surface area contributed by atoms with Crippen LogP contribution in [0.1, 0.15) is 38.3 Å². The van der Waals surface area contributed by atoms with E-state index in [1.54, 1.807) is 13.8 Å². The van der Waals surface area contributed by atoms with E-state index in [4.69, 9.17) is 4.42 Å². The van der Waals surface area contributed by atoms with Crippen molar-refractivity contribution in [3.63, 3.8) is 0 Å². The third-order valence-electron chi connectivity index (χ3n) is 3.61. The van der Waals surface area contributed by atoms with Crippen LogP contribution in [0.5, 0.6) is 0 Å². The maximum atomic E-state index is 13.7. The molecule has 0 fully saturated rings. The largest absolute Gasteiger partial charge is 0.411 e. The Labute approximate surface area is 151 Å². The van der Waals surface area contributed by atoms with Gasteiger partial charge in [-0.2, -0.15) is 0 Å². The first-order valence-corrected chi connectivity index (χ1v) is 11.2. The van der Waals surface area contributed by atoms with Gasteiger partial charge in [-0.05, 0) is 18.9 Å². The third-order valence-corrected chi connectivity index (χ3v) is 6.37. The molecule has 0 aliphatic heterocycles. The SMILES string of the molecule is CCS(=O)(=O)N[C@H](c1nnc(S(=O)(=O)Cc2ccccc2F)o1)C(C)C. The van der Waals surface area contributed by atoms with Crippen LogP contribution in [0.4, 0.5) is 4.39 Å². The van der Waals surface area contributed by atoms with Crippen LogP contribution in [0.25, 0.3) is 0 Å². The number of sulfone groups is 1. The fourth-order valence-electron chi connectivity index (χ4n) is 2.10. The molecule has 0 saturated carbocycles. The van der Waals surface area contributed by atoms with Gasteiger partial charge in [-0.25, -0.2) is 25.9 Å². The van der Waals surface area contributed by atoms with Crippen molar-refractivity contribution in [3.8, 4) is 0 Å². The van der Waals surface area contributed by atoms with E-state index in [9.17, 15) is 21.2 Å². The van der Waals surface area contributed by atoms with Crippen molar-refractivity contribution in [1.82, 2.24) is 14.9 Å². The van der Waals surface area contributed by atoms with Gasteiger partial charge < -0.3 is 4.42 Å². The number of sulfonamides is 1. The number of benzene rings is 1. The number of aromatic nitrogens is 2. The van der Waals surface area contributed by atoms with E-state index in [2.05, 4.69) is 14.9 Å². The van der Waals surface area contributed by atoms with Gasteiger partial charge in [-0.3, -0.25) is 0 Å². The predicted octanol–water partition coefficient (Wildman–Crippen LogP) is 1.82. The minimum absolute atomic E-state index is 0.0284. The zero-order chi connectivity index (χ0) is 19.5. The molecule has 11 heteroatoms. The maximum absolute atomic E-state index is 13.7. The van der Waals surface area contributed by atoms with Crippen LogP contribution in [0, 0.1) is 11.7 Å². The van der Waals surface area contributed by atoms with Crippen LogP contribution in [0.15, 0.2) is 33.9 Å². The van der Waals surface area contributed by atoms with Crippen molar-refractivity contribution in [2.24, 2.45) is 5.92 Å². The Morgan fingerprint density at radius 2 is 1.81 bits per heavy atom. The van der Waals surface area contributed by atoms with Gasteiger partial charge in [0.2, 0.25) is 25.8 Å². The average Bonchev–Trinajstić information content (AvgIpc) is 3.05. The lowest BCUT2D eigenvalue weighted by molar-refractivity contribution is 0.326. The molecule has 0 bridgehead atoms. The number of rotatable bonds is 8. The lowest BCUT2D eigenvalue weighted by atomic mass is 10.1. The summed E-state index contributed by atoms with van der Waals surface area (Å²) in [6, 6.07) is 4.59. The summed E-state index contributed by atoms with van der Waals surface area (Å²) < 4.78 is 69.7. The summed E-state index contributed by atoms with van der Waals surface area (Å²) in [5.74, 6) is -1.88. The van der Waals surface area contributed by atoms with E-state index in [1.165, 1.54) is 25.1 Å². The zero-order valence-corrected chi connectivity index (χ0v) is 16.1. The van der Waals surface area contributed by atoms with Gasteiger partial charge in [0.25, 0.3) is 0 Å². The Morgan fingerprint density at radius 1 is 1.15 bits per heavy atom. The highest BCUT2D eigenvalue weighted by molar-refractivity contribution is 7.90. The molecule has 0 amide bonds. The molecule has 0 aliphatic carbocycles. The molecule has 0 spiro atoms. The molecule has 26 heavy (non-hydrogen) atoms. The van der Waals surface area contributed by atoms with Crippen molar-refractivity contribution in [3.05, 3.63) is 41.5 Å². The highest BCUT2D eigenvalue weighted by Crippen LogP contribution is 2.24. The van der Waals surface area contributed by atoms with Crippen molar-refractivity contribution in [2.45, 2.75) is 37.8 Å². The van der Waals surface area contributed by atoms with E-state index in [-0.39, 0.29) is 23.1 Å². The maximum Gasteiger partial charge on any atom is 0.335 e. The molecule has 1 atom stereocenters. The average molecular weight is 405 g/mol. The quantitative estimate of drug-likeness (QED) is 0.711. The van der Waals surface area contributed by atoms with Crippen molar-refractivity contribution in [1.29, 1.82) is 0 Å². The van der Waals surface area contributed by atoms with Crippen LogP contribution in [-0.2, 0) is 25.6 Å². The Bertz CT molecular complexity index is 971. The summed E-state index contributed by atoms with van der Waals surface area (Å²) in [6.45, 7) is 4.92. The molecular weight excluding hydrogens is 385 g/mol. The van der Waals surface area contributed by atoms with Crippen molar-refractivity contribution >= 4 is 19.9 Å². The molecule has 1 N–H and O–H groups in total. The van der Waals surface area contributed by atoms with Gasteiger partial charge in [-0.1, -0.05) is 37.1 Å². The van der Waals surface area contributed by atoms with E-state index in [0.717, 1.165) is 6.07 Å². The Kier molecular flexibility index (Phi) is 6.14. The van der Waals surface area contributed by atoms with E-state index in [1.807, 2.05) is 0 Å². The molecule has 0 unspecified atom stereocenters. The highest BCUT2D eigenvalue weighted by atomic mass is 32.2. The summed E-state index contributed by atoms with van der Waals surface area (Å²) >= 11 is 0. The second-order valence-corrected chi connectivity index (χ2v) is 9.91. The van der Waals surface area contributed by atoms with Crippen LogP contribution >= 0.6 is 0 Å². The predicted molar refractivity (Wildman–Crippen MR) is 91.8 cm³/mol. The zero-order valence-electron chi connectivity index (χ0n) is 14.5. The molecule has 0 saturated heterocycles. The first kappa shape index (κ1) is 20.5. The first-order chi connectivity index (χ1) is 12.1. The van der Waals surface area contributed by atoms with Crippen LogP contribution in [0.3, 0.4) is 0 Å². The van der Waals surface area contributed by atoms with Crippen molar-refractivity contribution < 1.29 is 25.6 Å². The summed E-state index contributed by atoms with van der Waals surface area (Å²) in [5, 5.41) is 6.50. The van der Waals surface area contributed by atoms with Gasteiger partial charge >= 0.3 is 5.22 Å². The van der Waals surface area contributed by atoms with Gasteiger partial charge in [0.1, 0.15) is 11.9 Å². The molecule has 1 aromatic carbocycles. The minimum atomic E-state index is -4.08. The number of hydrogen-bond donors (Lipinski definition) is 1. The topological polar surface area (TPSA) is 119 Å². The molecule has 2 aromatic rings. The number of nitrogens with zero attached hydrogens (tertiary/aromatic N) is 2.